The first-order valence-corrected chi connectivity index (χ1v) is 9.13. The Morgan fingerprint density at radius 2 is 1.89 bits per heavy atom. The molecule has 0 spiro atoms. The molecule has 3 N–H and O–H groups in total. The summed E-state index contributed by atoms with van der Waals surface area (Å²) in [5.41, 5.74) is 2.37. The third-order valence-corrected chi connectivity index (χ3v) is 4.11. The van der Waals surface area contributed by atoms with Crippen LogP contribution in [0.4, 0.5) is 17.6 Å². The number of anilines is 3. The van der Waals surface area contributed by atoms with Crippen LogP contribution in [0, 0.1) is 6.92 Å². The Morgan fingerprint density at radius 3 is 2.59 bits per heavy atom. The van der Waals surface area contributed by atoms with Crippen molar-refractivity contribution < 1.29 is 4.74 Å². The summed E-state index contributed by atoms with van der Waals surface area (Å²) < 4.78 is 5.54. The van der Waals surface area contributed by atoms with E-state index in [0.29, 0.717) is 28.5 Å². The summed E-state index contributed by atoms with van der Waals surface area (Å²) >= 11 is 6.23. The fourth-order valence-electron chi connectivity index (χ4n) is 2.45. The number of ether oxygens (including phenoxy) is 1. The second kappa shape index (κ2) is 8.26. The third-order valence-electron chi connectivity index (χ3n) is 3.83. The molecule has 8 heteroatoms. The van der Waals surface area contributed by atoms with Gasteiger partial charge in [-0.2, -0.15) is 4.98 Å². The van der Waals surface area contributed by atoms with Gasteiger partial charge in [0.2, 0.25) is 11.8 Å². The fraction of sp³-hybridized carbons (Fsp3) is 0.316. The van der Waals surface area contributed by atoms with Gasteiger partial charge in [-0.3, -0.25) is 5.10 Å². The number of H-pyrrole nitrogens is 1. The van der Waals surface area contributed by atoms with Crippen LogP contribution in [-0.2, 0) is 0 Å². The van der Waals surface area contributed by atoms with Crippen molar-refractivity contribution in [2.24, 2.45) is 0 Å². The average Bonchev–Trinajstić information content (AvgIpc) is 3.04. The molecule has 0 bridgehead atoms. The van der Waals surface area contributed by atoms with E-state index in [4.69, 9.17) is 16.3 Å². The molecule has 0 radical (unpaired) electrons. The van der Waals surface area contributed by atoms with Crippen LogP contribution in [0.3, 0.4) is 0 Å². The molecule has 1 atom stereocenters. The molecule has 3 rings (SSSR count). The Kier molecular flexibility index (Phi) is 5.81. The summed E-state index contributed by atoms with van der Waals surface area (Å²) in [6.45, 7) is 8.00. The molecule has 2 aromatic heterocycles. The van der Waals surface area contributed by atoms with Crippen LogP contribution in [0.15, 0.2) is 36.5 Å². The Morgan fingerprint density at radius 1 is 1.15 bits per heavy atom. The number of nitrogens with zero attached hydrogens (tertiary/aromatic N) is 3. The summed E-state index contributed by atoms with van der Waals surface area (Å²) in [5.74, 6) is 2.09. The minimum absolute atomic E-state index is 0.0443. The average molecular weight is 387 g/mol. The van der Waals surface area contributed by atoms with Crippen molar-refractivity contribution in [2.75, 3.05) is 10.6 Å². The lowest BCUT2D eigenvalue weighted by atomic mass is 10.1. The number of aromatic nitrogens is 4. The monoisotopic (exact) mass is 386 g/mol. The number of aryl methyl sites for hydroxylation is 1. The van der Waals surface area contributed by atoms with Crippen molar-refractivity contribution in [1.82, 2.24) is 20.2 Å². The lowest BCUT2D eigenvalue weighted by molar-refractivity contribution is 0.232. The Labute approximate surface area is 163 Å². The van der Waals surface area contributed by atoms with Crippen LogP contribution in [0.5, 0.6) is 5.88 Å². The normalized spacial score (nSPS) is 12.1. The van der Waals surface area contributed by atoms with E-state index in [1.807, 2.05) is 13.8 Å². The van der Waals surface area contributed by atoms with E-state index < -0.39 is 0 Å². The molecule has 142 valence electrons. The number of hydrogen-bond donors (Lipinski definition) is 3. The van der Waals surface area contributed by atoms with Gasteiger partial charge in [-0.1, -0.05) is 41.4 Å². The first-order chi connectivity index (χ1) is 12.9. The van der Waals surface area contributed by atoms with Gasteiger partial charge in [0.05, 0.1) is 18.3 Å². The number of benzene rings is 1. The Bertz CT molecular complexity index is 893. The molecule has 0 saturated carbocycles. The number of aromatic amines is 1. The third kappa shape index (κ3) is 5.10. The second-order valence-electron chi connectivity index (χ2n) is 6.58. The van der Waals surface area contributed by atoms with E-state index in [2.05, 4.69) is 68.9 Å². The topological polar surface area (TPSA) is 87.8 Å². The first kappa shape index (κ1) is 19.0. The Balaban J connectivity index is 1.72. The van der Waals surface area contributed by atoms with Crippen molar-refractivity contribution in [3.63, 3.8) is 0 Å². The van der Waals surface area contributed by atoms with Gasteiger partial charge >= 0.3 is 0 Å². The van der Waals surface area contributed by atoms with Gasteiger partial charge < -0.3 is 15.4 Å². The largest absolute Gasteiger partial charge is 0.474 e. The first-order valence-electron chi connectivity index (χ1n) is 8.75. The quantitative estimate of drug-likeness (QED) is 0.537. The van der Waals surface area contributed by atoms with Crippen molar-refractivity contribution in [2.45, 2.75) is 39.8 Å². The minimum Gasteiger partial charge on any atom is -0.474 e. The van der Waals surface area contributed by atoms with Gasteiger partial charge in [-0.05, 0) is 33.3 Å². The summed E-state index contributed by atoms with van der Waals surface area (Å²) in [6.07, 6.45) is 1.60. The van der Waals surface area contributed by atoms with Gasteiger partial charge in [0.1, 0.15) is 10.8 Å². The maximum absolute atomic E-state index is 6.23. The van der Waals surface area contributed by atoms with Gasteiger partial charge in [0.25, 0.3) is 0 Å². The highest BCUT2D eigenvalue weighted by atomic mass is 35.5. The number of rotatable bonds is 7. The van der Waals surface area contributed by atoms with Gasteiger partial charge in [-0.15, -0.1) is 5.10 Å². The number of hydrogen-bond acceptors (Lipinski definition) is 6. The molecule has 0 aliphatic rings. The van der Waals surface area contributed by atoms with Crippen molar-refractivity contribution in [3.8, 4) is 5.88 Å². The summed E-state index contributed by atoms with van der Waals surface area (Å²) in [7, 11) is 0. The van der Waals surface area contributed by atoms with Crippen molar-refractivity contribution >= 4 is 29.2 Å². The minimum atomic E-state index is 0.0443. The molecule has 7 nitrogen and oxygen atoms in total. The SMILES string of the molecule is Cc1ccc([C@H](C)Nc2ncc(Cl)c(Nc3cc(OC(C)C)n[nH]3)n2)cc1. The van der Waals surface area contributed by atoms with Gasteiger partial charge in [0, 0.05) is 6.07 Å². The smallest absolute Gasteiger partial charge is 0.234 e. The van der Waals surface area contributed by atoms with E-state index in [-0.39, 0.29) is 12.1 Å². The standard InChI is InChI=1S/C19H23ClN6O/c1-11(2)27-17-9-16(25-26-17)23-18-15(20)10-21-19(24-18)22-13(4)14-7-5-12(3)6-8-14/h5-11,13H,1-4H3,(H3,21,22,23,24,25,26)/t13-/m0/s1. The molecule has 0 amide bonds. The van der Waals surface area contributed by atoms with Crippen LogP contribution in [0.25, 0.3) is 0 Å². The second-order valence-corrected chi connectivity index (χ2v) is 6.99. The fourth-order valence-corrected chi connectivity index (χ4v) is 2.59. The number of halogens is 1. The summed E-state index contributed by atoms with van der Waals surface area (Å²) in [6, 6.07) is 10.1. The molecule has 3 aromatic rings. The van der Waals surface area contributed by atoms with E-state index in [1.165, 1.54) is 5.56 Å². The van der Waals surface area contributed by atoms with E-state index in [9.17, 15) is 0 Å². The van der Waals surface area contributed by atoms with Crippen LogP contribution < -0.4 is 15.4 Å². The van der Waals surface area contributed by atoms with Crippen LogP contribution in [0.2, 0.25) is 5.02 Å². The molecule has 0 saturated heterocycles. The molecule has 27 heavy (non-hydrogen) atoms. The molecule has 0 aliphatic carbocycles. The van der Waals surface area contributed by atoms with Crippen molar-refractivity contribution in [3.05, 3.63) is 52.7 Å². The molecule has 0 aliphatic heterocycles. The van der Waals surface area contributed by atoms with Gasteiger partial charge in [-0.25, -0.2) is 4.98 Å². The molecule has 0 unspecified atom stereocenters. The van der Waals surface area contributed by atoms with E-state index in [1.54, 1.807) is 12.3 Å². The molecular formula is C19H23ClN6O. The lowest BCUT2D eigenvalue weighted by Gasteiger charge is -2.15. The highest BCUT2D eigenvalue weighted by molar-refractivity contribution is 6.32. The van der Waals surface area contributed by atoms with Crippen molar-refractivity contribution in [1.29, 1.82) is 0 Å². The lowest BCUT2D eigenvalue weighted by Crippen LogP contribution is -2.10. The molecular weight excluding hydrogens is 364 g/mol. The summed E-state index contributed by atoms with van der Waals surface area (Å²) in [4.78, 5) is 8.73. The zero-order chi connectivity index (χ0) is 19.4. The number of nitrogens with one attached hydrogen (secondary N) is 3. The highest BCUT2D eigenvalue weighted by Gasteiger charge is 2.11. The van der Waals surface area contributed by atoms with Crippen LogP contribution in [-0.4, -0.2) is 26.3 Å². The maximum Gasteiger partial charge on any atom is 0.234 e. The predicted octanol–water partition coefficient (Wildman–Crippen LogP) is 4.87. The van der Waals surface area contributed by atoms with E-state index in [0.717, 1.165) is 5.56 Å². The van der Waals surface area contributed by atoms with Crippen LogP contribution >= 0.6 is 11.6 Å². The molecule has 0 fully saturated rings. The zero-order valence-corrected chi connectivity index (χ0v) is 16.5. The predicted molar refractivity (Wildman–Crippen MR) is 108 cm³/mol. The summed E-state index contributed by atoms with van der Waals surface area (Å²) in [5, 5.41) is 13.7. The van der Waals surface area contributed by atoms with E-state index >= 15 is 0 Å². The highest BCUT2D eigenvalue weighted by Crippen LogP contribution is 2.26. The van der Waals surface area contributed by atoms with Gasteiger partial charge in [0.15, 0.2) is 5.82 Å². The molecule has 2 heterocycles. The zero-order valence-electron chi connectivity index (χ0n) is 15.7. The molecule has 1 aromatic carbocycles. The Hall–Kier alpha value is -2.80. The van der Waals surface area contributed by atoms with Crippen LogP contribution in [0.1, 0.15) is 37.9 Å². The maximum atomic E-state index is 6.23.